The molecule has 0 unspecified atom stereocenters. The zero-order chi connectivity index (χ0) is 5.91. The predicted molar refractivity (Wildman–Crippen MR) is 34.0 cm³/mol. The minimum atomic E-state index is 0.307. The lowest BCUT2D eigenvalue weighted by molar-refractivity contribution is 0.510. The lowest BCUT2D eigenvalue weighted by atomic mass is 9.93. The highest BCUT2D eigenvalue weighted by molar-refractivity contribution is 4.95. The minimum absolute atomic E-state index is 0.307. The van der Waals surface area contributed by atoms with E-state index in [2.05, 4.69) is 33.8 Å². The average molecular weight is 97.2 g/mol. The highest BCUT2D eigenvalue weighted by atomic mass is 14.1. The van der Waals surface area contributed by atoms with Crippen LogP contribution in [-0.2, 0) is 0 Å². The SMILES string of the molecule is C=C[CH-]C(C)(C)C. The molecule has 0 aromatic rings. The third-order valence-corrected chi connectivity index (χ3v) is 0.618. The summed E-state index contributed by atoms with van der Waals surface area (Å²) >= 11 is 0. The lowest BCUT2D eigenvalue weighted by Crippen LogP contribution is -2.02. The summed E-state index contributed by atoms with van der Waals surface area (Å²) in [6.45, 7) is 10.0. The van der Waals surface area contributed by atoms with Crippen molar-refractivity contribution >= 4 is 0 Å². The van der Waals surface area contributed by atoms with Crippen LogP contribution in [0.25, 0.3) is 0 Å². The van der Waals surface area contributed by atoms with E-state index in [1.54, 1.807) is 0 Å². The molecular formula is C7H13-. The van der Waals surface area contributed by atoms with Crippen LogP contribution in [-0.4, -0.2) is 0 Å². The van der Waals surface area contributed by atoms with E-state index in [0.717, 1.165) is 0 Å². The van der Waals surface area contributed by atoms with E-state index in [4.69, 9.17) is 0 Å². The molecule has 0 saturated heterocycles. The Morgan fingerprint density at radius 1 is 1.43 bits per heavy atom. The largest absolute Gasteiger partial charge is 0.245 e. The third kappa shape index (κ3) is 5.61. The molecule has 42 valence electrons. The molecule has 0 amide bonds. The monoisotopic (exact) mass is 97.1 g/mol. The number of hydrogen-bond donors (Lipinski definition) is 0. The molecule has 0 bridgehead atoms. The molecule has 0 aliphatic rings. The molecule has 0 nitrogen and oxygen atoms in total. The lowest BCUT2D eigenvalue weighted by Gasteiger charge is -2.20. The molecule has 0 radical (unpaired) electrons. The van der Waals surface area contributed by atoms with Crippen LogP contribution in [0, 0.1) is 11.8 Å². The maximum absolute atomic E-state index is 3.59. The second kappa shape index (κ2) is 2.06. The van der Waals surface area contributed by atoms with Gasteiger partial charge in [-0.3, -0.25) is 0 Å². The van der Waals surface area contributed by atoms with Gasteiger partial charge >= 0.3 is 0 Å². The van der Waals surface area contributed by atoms with Gasteiger partial charge in [0.25, 0.3) is 0 Å². The van der Waals surface area contributed by atoms with E-state index in [0.29, 0.717) is 5.41 Å². The van der Waals surface area contributed by atoms with Gasteiger partial charge in [0, 0.05) is 0 Å². The van der Waals surface area contributed by atoms with Gasteiger partial charge in [0.05, 0.1) is 0 Å². The molecule has 0 spiro atoms. The van der Waals surface area contributed by atoms with E-state index < -0.39 is 0 Å². The zero-order valence-electron chi connectivity index (χ0n) is 5.36. The fraction of sp³-hybridized carbons (Fsp3) is 0.571. The van der Waals surface area contributed by atoms with Gasteiger partial charge in [0.2, 0.25) is 0 Å². The highest BCUT2D eigenvalue weighted by Gasteiger charge is 1.97. The van der Waals surface area contributed by atoms with Crippen LogP contribution >= 0.6 is 0 Å². The summed E-state index contributed by atoms with van der Waals surface area (Å²) in [4.78, 5) is 0. The normalized spacial score (nSPS) is 10.7. The second-order valence-electron chi connectivity index (χ2n) is 2.77. The smallest absolute Gasteiger partial charge is 0.0721 e. The fourth-order valence-electron chi connectivity index (χ4n) is 0.354. The summed E-state index contributed by atoms with van der Waals surface area (Å²) in [6.07, 6.45) is 3.91. The van der Waals surface area contributed by atoms with E-state index >= 15 is 0 Å². The predicted octanol–water partition coefficient (Wildman–Crippen LogP) is 2.42. The topological polar surface area (TPSA) is 0 Å². The number of allylic oxidation sites excluding steroid dienone is 1. The Morgan fingerprint density at radius 3 is 1.86 bits per heavy atom. The Morgan fingerprint density at radius 2 is 1.86 bits per heavy atom. The first kappa shape index (κ1) is 6.61. The van der Waals surface area contributed by atoms with Gasteiger partial charge < -0.3 is 0 Å². The Bertz CT molecular complexity index is 54.9. The van der Waals surface area contributed by atoms with Gasteiger partial charge in [-0.25, -0.2) is 19.1 Å². The van der Waals surface area contributed by atoms with Crippen LogP contribution in [0.3, 0.4) is 0 Å². The molecule has 0 aromatic heterocycles. The highest BCUT2D eigenvalue weighted by Crippen LogP contribution is 2.16. The quantitative estimate of drug-likeness (QED) is 0.441. The van der Waals surface area contributed by atoms with Crippen LogP contribution in [0.5, 0.6) is 0 Å². The molecule has 0 fully saturated rings. The van der Waals surface area contributed by atoms with E-state index in [-0.39, 0.29) is 0 Å². The molecule has 0 saturated carbocycles. The number of hydrogen-bond acceptors (Lipinski definition) is 0. The van der Waals surface area contributed by atoms with Crippen LogP contribution in [0.2, 0.25) is 0 Å². The summed E-state index contributed by atoms with van der Waals surface area (Å²) in [6, 6.07) is 0. The van der Waals surface area contributed by atoms with Crippen LogP contribution < -0.4 is 0 Å². The Kier molecular flexibility index (Phi) is 1.94. The minimum Gasteiger partial charge on any atom is -0.245 e. The van der Waals surface area contributed by atoms with Crippen molar-refractivity contribution in [1.29, 1.82) is 0 Å². The maximum atomic E-state index is 3.59. The molecule has 0 atom stereocenters. The first-order valence-corrected chi connectivity index (χ1v) is 2.53. The maximum Gasteiger partial charge on any atom is -0.0721 e. The van der Waals surface area contributed by atoms with Gasteiger partial charge in [-0.2, -0.15) is 0 Å². The van der Waals surface area contributed by atoms with Crippen molar-refractivity contribution in [3.8, 4) is 0 Å². The van der Waals surface area contributed by atoms with Crippen molar-refractivity contribution in [2.24, 2.45) is 5.41 Å². The molecule has 0 aliphatic heterocycles. The van der Waals surface area contributed by atoms with Gasteiger partial charge in [0.15, 0.2) is 0 Å². The third-order valence-electron chi connectivity index (χ3n) is 0.618. The van der Waals surface area contributed by atoms with Crippen molar-refractivity contribution in [2.45, 2.75) is 20.8 Å². The standard InChI is InChI=1S/C7H13/c1-5-6-7(2,3)4/h5-6H,1H2,2-4H3/q-1. The van der Waals surface area contributed by atoms with Crippen molar-refractivity contribution in [2.75, 3.05) is 0 Å². The molecule has 0 aliphatic carbocycles. The van der Waals surface area contributed by atoms with Crippen molar-refractivity contribution < 1.29 is 0 Å². The first-order valence-electron chi connectivity index (χ1n) is 2.53. The summed E-state index contributed by atoms with van der Waals surface area (Å²) in [5.74, 6) is 0. The molecular weight excluding hydrogens is 84.1 g/mol. The first-order chi connectivity index (χ1) is 3.06. The average Bonchev–Trinajstić information content (AvgIpc) is 1.30. The van der Waals surface area contributed by atoms with Crippen molar-refractivity contribution in [3.63, 3.8) is 0 Å². The summed E-state index contributed by atoms with van der Waals surface area (Å²) in [5, 5.41) is 0. The van der Waals surface area contributed by atoms with Gasteiger partial charge in [-0.1, -0.05) is 26.2 Å². The second-order valence-corrected chi connectivity index (χ2v) is 2.77. The summed E-state index contributed by atoms with van der Waals surface area (Å²) in [5.41, 5.74) is 0.307. The van der Waals surface area contributed by atoms with Gasteiger partial charge in [-0.15, -0.1) is 0 Å². The van der Waals surface area contributed by atoms with E-state index in [1.165, 1.54) is 0 Å². The molecule has 0 aromatic carbocycles. The zero-order valence-corrected chi connectivity index (χ0v) is 5.36. The van der Waals surface area contributed by atoms with Crippen LogP contribution in [0.1, 0.15) is 20.8 Å². The van der Waals surface area contributed by atoms with E-state index in [9.17, 15) is 0 Å². The van der Waals surface area contributed by atoms with Crippen molar-refractivity contribution in [1.82, 2.24) is 0 Å². The summed E-state index contributed by atoms with van der Waals surface area (Å²) < 4.78 is 0. The van der Waals surface area contributed by atoms with Crippen LogP contribution in [0.15, 0.2) is 12.7 Å². The fourth-order valence-corrected chi connectivity index (χ4v) is 0.354. The van der Waals surface area contributed by atoms with E-state index in [1.807, 2.05) is 6.08 Å². The Labute approximate surface area is 46.2 Å². The number of rotatable bonds is 1. The molecule has 0 heterocycles. The Balaban J connectivity index is 3.34. The van der Waals surface area contributed by atoms with Gasteiger partial charge in [0.1, 0.15) is 0 Å². The van der Waals surface area contributed by atoms with Crippen LogP contribution in [0.4, 0.5) is 0 Å². The van der Waals surface area contributed by atoms with Gasteiger partial charge in [-0.05, 0) is 0 Å². The molecule has 0 heteroatoms. The van der Waals surface area contributed by atoms with Crippen molar-refractivity contribution in [3.05, 3.63) is 19.1 Å². The molecule has 0 N–H and O–H groups in total. The Hall–Kier alpha value is -0.390. The molecule has 7 heavy (non-hydrogen) atoms. The molecule has 0 rings (SSSR count). The summed E-state index contributed by atoms with van der Waals surface area (Å²) in [7, 11) is 0.